The van der Waals surface area contributed by atoms with E-state index in [-0.39, 0.29) is 0 Å². The fourth-order valence-electron chi connectivity index (χ4n) is 1.46. The van der Waals surface area contributed by atoms with Crippen molar-refractivity contribution < 1.29 is 0 Å². The molecule has 0 spiro atoms. The van der Waals surface area contributed by atoms with Crippen LogP contribution in [0.5, 0.6) is 0 Å². The molecule has 1 aliphatic rings. The second-order valence-electron chi connectivity index (χ2n) is 3.71. The van der Waals surface area contributed by atoms with E-state index in [0.29, 0.717) is 12.1 Å². The Morgan fingerprint density at radius 1 is 1.50 bits per heavy atom. The molecule has 1 atom stereocenters. The molecule has 0 amide bonds. The summed E-state index contributed by atoms with van der Waals surface area (Å²) in [7, 11) is 0. The van der Waals surface area contributed by atoms with Crippen molar-refractivity contribution in [3.05, 3.63) is 0 Å². The minimum absolute atomic E-state index is 0.442. The van der Waals surface area contributed by atoms with E-state index in [9.17, 15) is 0 Å². The molecule has 70 valence electrons. The van der Waals surface area contributed by atoms with E-state index < -0.39 is 0 Å². The predicted molar refractivity (Wildman–Crippen MR) is 51.9 cm³/mol. The molecule has 0 saturated heterocycles. The maximum Gasteiger partial charge on any atom is 0.116 e. The van der Waals surface area contributed by atoms with Crippen molar-refractivity contribution in [1.29, 1.82) is 0 Å². The summed E-state index contributed by atoms with van der Waals surface area (Å²) in [6, 6.07) is 0. The van der Waals surface area contributed by atoms with Gasteiger partial charge in [0, 0.05) is 13.1 Å². The second kappa shape index (κ2) is 3.78. The van der Waals surface area contributed by atoms with Crippen LogP contribution in [-0.2, 0) is 0 Å². The summed E-state index contributed by atoms with van der Waals surface area (Å²) in [6.45, 7) is 10.9. The largest absolute Gasteiger partial charge is 0.339 e. The lowest BCUT2D eigenvalue weighted by Gasteiger charge is -2.27. The molecule has 0 aromatic rings. The molecular formula is C9H19N3. The average molecular weight is 169 g/mol. The number of rotatable bonds is 3. The Bertz CT molecular complexity index is 165. The first-order valence-electron chi connectivity index (χ1n) is 4.71. The van der Waals surface area contributed by atoms with Gasteiger partial charge in [0.15, 0.2) is 0 Å². The second-order valence-corrected chi connectivity index (χ2v) is 3.71. The SMILES string of the molecule is CCN1N=CN(CC(C)C)C1C. The van der Waals surface area contributed by atoms with E-state index >= 15 is 0 Å². The molecule has 0 radical (unpaired) electrons. The van der Waals surface area contributed by atoms with Crippen molar-refractivity contribution >= 4 is 6.34 Å². The van der Waals surface area contributed by atoms with Crippen molar-refractivity contribution in [3.8, 4) is 0 Å². The molecule has 12 heavy (non-hydrogen) atoms. The zero-order chi connectivity index (χ0) is 9.14. The molecule has 0 aromatic carbocycles. The van der Waals surface area contributed by atoms with Crippen LogP contribution in [-0.4, -0.2) is 35.5 Å². The van der Waals surface area contributed by atoms with Crippen molar-refractivity contribution in [3.63, 3.8) is 0 Å². The molecule has 1 aliphatic heterocycles. The third-order valence-corrected chi connectivity index (χ3v) is 2.16. The fourth-order valence-corrected chi connectivity index (χ4v) is 1.46. The highest BCUT2D eigenvalue weighted by Crippen LogP contribution is 2.12. The maximum absolute atomic E-state index is 4.30. The van der Waals surface area contributed by atoms with E-state index in [1.54, 1.807) is 0 Å². The van der Waals surface area contributed by atoms with Gasteiger partial charge in [0.1, 0.15) is 12.5 Å². The Morgan fingerprint density at radius 2 is 2.17 bits per heavy atom. The highest BCUT2D eigenvalue weighted by molar-refractivity contribution is 5.56. The highest BCUT2D eigenvalue weighted by Gasteiger charge is 2.21. The first-order chi connectivity index (χ1) is 5.65. The van der Waals surface area contributed by atoms with E-state index in [0.717, 1.165) is 13.1 Å². The Balaban J connectivity index is 2.44. The van der Waals surface area contributed by atoms with Gasteiger partial charge in [-0.2, -0.15) is 5.10 Å². The first kappa shape index (κ1) is 9.36. The third-order valence-electron chi connectivity index (χ3n) is 2.16. The van der Waals surface area contributed by atoms with E-state index in [1.165, 1.54) is 0 Å². The molecule has 0 bridgehead atoms. The summed E-state index contributed by atoms with van der Waals surface area (Å²) in [5.74, 6) is 0.704. The molecule has 1 heterocycles. The van der Waals surface area contributed by atoms with Crippen LogP contribution in [0.1, 0.15) is 27.7 Å². The Labute approximate surface area is 75.0 Å². The van der Waals surface area contributed by atoms with Crippen LogP contribution in [0.2, 0.25) is 0 Å². The maximum atomic E-state index is 4.30. The van der Waals surface area contributed by atoms with Crippen molar-refractivity contribution in [2.45, 2.75) is 33.9 Å². The van der Waals surface area contributed by atoms with E-state index in [1.807, 2.05) is 6.34 Å². The Kier molecular flexibility index (Phi) is 2.95. The predicted octanol–water partition coefficient (Wildman–Crippen LogP) is 1.57. The third kappa shape index (κ3) is 1.90. The molecule has 0 aliphatic carbocycles. The summed E-state index contributed by atoms with van der Waals surface area (Å²) >= 11 is 0. The summed E-state index contributed by atoms with van der Waals surface area (Å²) in [4.78, 5) is 2.29. The monoisotopic (exact) mass is 169 g/mol. The molecule has 3 heteroatoms. The van der Waals surface area contributed by atoms with Gasteiger partial charge in [0.25, 0.3) is 0 Å². The van der Waals surface area contributed by atoms with Gasteiger partial charge in [-0.1, -0.05) is 13.8 Å². The van der Waals surface area contributed by atoms with E-state index in [2.05, 4.69) is 42.7 Å². The topological polar surface area (TPSA) is 18.8 Å². The zero-order valence-corrected chi connectivity index (χ0v) is 8.49. The standard InChI is InChI=1S/C9H19N3/c1-5-12-9(4)11(7-10-12)6-8(2)3/h7-9H,5-6H2,1-4H3. The molecule has 0 N–H and O–H groups in total. The van der Waals surface area contributed by atoms with Crippen LogP contribution < -0.4 is 0 Å². The smallest absolute Gasteiger partial charge is 0.116 e. The summed E-state index contributed by atoms with van der Waals surface area (Å²) < 4.78 is 0. The number of hydrogen-bond acceptors (Lipinski definition) is 3. The zero-order valence-electron chi connectivity index (χ0n) is 8.49. The summed E-state index contributed by atoms with van der Waals surface area (Å²) in [5.41, 5.74) is 0. The fraction of sp³-hybridized carbons (Fsp3) is 0.889. The molecular weight excluding hydrogens is 150 g/mol. The van der Waals surface area contributed by atoms with Gasteiger partial charge in [0.2, 0.25) is 0 Å². The van der Waals surface area contributed by atoms with Gasteiger partial charge in [-0.05, 0) is 19.8 Å². The first-order valence-corrected chi connectivity index (χ1v) is 4.71. The molecule has 1 rings (SSSR count). The summed E-state index contributed by atoms with van der Waals surface area (Å²) in [6.07, 6.45) is 2.39. The van der Waals surface area contributed by atoms with Crippen LogP contribution in [0.15, 0.2) is 5.10 Å². The van der Waals surface area contributed by atoms with Gasteiger partial charge in [-0.25, -0.2) is 0 Å². The molecule has 0 aromatic heterocycles. The minimum atomic E-state index is 0.442. The molecule has 1 unspecified atom stereocenters. The van der Waals surface area contributed by atoms with Gasteiger partial charge in [0.05, 0.1) is 0 Å². The molecule has 0 saturated carbocycles. The van der Waals surface area contributed by atoms with Crippen LogP contribution in [0.25, 0.3) is 0 Å². The van der Waals surface area contributed by atoms with Crippen LogP contribution in [0.3, 0.4) is 0 Å². The van der Waals surface area contributed by atoms with Crippen molar-refractivity contribution in [2.75, 3.05) is 13.1 Å². The van der Waals surface area contributed by atoms with Gasteiger partial charge in [-0.3, -0.25) is 5.01 Å². The minimum Gasteiger partial charge on any atom is -0.339 e. The van der Waals surface area contributed by atoms with Crippen molar-refractivity contribution in [1.82, 2.24) is 9.91 Å². The highest BCUT2D eigenvalue weighted by atomic mass is 15.6. The normalized spacial score (nSPS) is 22.9. The summed E-state index contributed by atoms with van der Waals surface area (Å²) in [5, 5.41) is 6.40. The van der Waals surface area contributed by atoms with Crippen LogP contribution in [0, 0.1) is 5.92 Å². The Hall–Kier alpha value is -0.730. The Morgan fingerprint density at radius 3 is 2.58 bits per heavy atom. The molecule has 3 nitrogen and oxygen atoms in total. The quantitative estimate of drug-likeness (QED) is 0.638. The van der Waals surface area contributed by atoms with Crippen LogP contribution >= 0.6 is 0 Å². The van der Waals surface area contributed by atoms with Gasteiger partial charge < -0.3 is 4.90 Å². The number of hydrogen-bond donors (Lipinski definition) is 0. The lowest BCUT2D eigenvalue weighted by Crippen LogP contribution is -2.38. The van der Waals surface area contributed by atoms with E-state index in [4.69, 9.17) is 0 Å². The lowest BCUT2D eigenvalue weighted by molar-refractivity contribution is 0.145. The average Bonchev–Trinajstić information content (AvgIpc) is 2.32. The van der Waals surface area contributed by atoms with Gasteiger partial charge in [-0.15, -0.1) is 0 Å². The molecule has 0 fully saturated rings. The van der Waals surface area contributed by atoms with Crippen LogP contribution in [0.4, 0.5) is 0 Å². The van der Waals surface area contributed by atoms with Crippen molar-refractivity contribution in [2.24, 2.45) is 11.0 Å². The lowest BCUT2D eigenvalue weighted by atomic mass is 10.2. The van der Waals surface area contributed by atoms with Gasteiger partial charge >= 0.3 is 0 Å². The number of nitrogens with zero attached hydrogens (tertiary/aromatic N) is 3. The number of hydrazone groups is 1.